The molecule has 0 saturated carbocycles. The van der Waals surface area contributed by atoms with Crippen LogP contribution in [0.2, 0.25) is 5.02 Å². The number of fused-ring (bicyclic) bond motifs is 1. The van der Waals surface area contributed by atoms with Crippen molar-refractivity contribution in [3.05, 3.63) is 47.5 Å². The number of benzene rings is 2. The Kier molecular flexibility index (Phi) is 8.52. The molecular weight excluding hydrogens is 520 g/mol. The van der Waals surface area contributed by atoms with Gasteiger partial charge in [0.15, 0.2) is 5.13 Å². The van der Waals surface area contributed by atoms with Gasteiger partial charge in [-0.05, 0) is 70.3 Å². The van der Waals surface area contributed by atoms with Crippen molar-refractivity contribution in [3.63, 3.8) is 0 Å². The molecule has 1 amide bonds. The molecule has 8 nitrogen and oxygen atoms in total. The Labute approximate surface area is 221 Å². The smallest absolute Gasteiger partial charge is 0.243 e. The number of sulfonamides is 1. The highest BCUT2D eigenvalue weighted by molar-refractivity contribution is 7.89. The Bertz CT molecular complexity index is 1300. The van der Waals surface area contributed by atoms with Gasteiger partial charge >= 0.3 is 0 Å². The largest absolute Gasteiger partial charge is 0.492 e. The first kappa shape index (κ1) is 26.8. The maximum Gasteiger partial charge on any atom is 0.243 e. The molecule has 1 saturated heterocycles. The quantitative estimate of drug-likeness (QED) is 0.394. The summed E-state index contributed by atoms with van der Waals surface area (Å²) in [5.74, 6) is 0.415. The molecular formula is C25H31ClN4O4S2. The van der Waals surface area contributed by atoms with E-state index in [2.05, 4.69) is 0 Å². The van der Waals surface area contributed by atoms with Crippen LogP contribution in [-0.4, -0.2) is 75.4 Å². The van der Waals surface area contributed by atoms with Crippen LogP contribution in [0.1, 0.15) is 19.8 Å². The molecule has 0 unspecified atom stereocenters. The molecule has 0 N–H and O–H groups in total. The minimum atomic E-state index is -3.63. The first-order valence-electron chi connectivity index (χ1n) is 11.9. The van der Waals surface area contributed by atoms with Crippen molar-refractivity contribution in [3.8, 4) is 5.75 Å². The number of hydrogen-bond acceptors (Lipinski definition) is 7. The molecule has 36 heavy (non-hydrogen) atoms. The number of carbonyl (C=O) groups excluding carboxylic acids is 1. The summed E-state index contributed by atoms with van der Waals surface area (Å²) in [6, 6.07) is 12.0. The number of rotatable bonds is 9. The van der Waals surface area contributed by atoms with Crippen LogP contribution < -0.4 is 9.64 Å². The summed E-state index contributed by atoms with van der Waals surface area (Å²) in [6.07, 6.45) is 0.915. The molecule has 3 aromatic rings. The van der Waals surface area contributed by atoms with Crippen LogP contribution in [0.4, 0.5) is 5.13 Å². The monoisotopic (exact) mass is 550 g/mol. The maximum absolute atomic E-state index is 13.7. The Morgan fingerprint density at radius 1 is 1.14 bits per heavy atom. The number of amides is 1. The van der Waals surface area contributed by atoms with Crippen LogP contribution in [-0.2, 0) is 14.8 Å². The zero-order chi connectivity index (χ0) is 25.9. The Morgan fingerprint density at radius 2 is 1.83 bits per heavy atom. The lowest BCUT2D eigenvalue weighted by Gasteiger charge is -2.33. The van der Waals surface area contributed by atoms with Gasteiger partial charge in [-0.15, -0.1) is 0 Å². The third-order valence-electron chi connectivity index (χ3n) is 6.19. The predicted octanol–water partition coefficient (Wildman–Crippen LogP) is 4.34. The van der Waals surface area contributed by atoms with E-state index in [9.17, 15) is 13.2 Å². The van der Waals surface area contributed by atoms with Gasteiger partial charge in [0.25, 0.3) is 0 Å². The summed E-state index contributed by atoms with van der Waals surface area (Å²) in [7, 11) is 0.303. The average molecular weight is 551 g/mol. The van der Waals surface area contributed by atoms with Gasteiger partial charge in [-0.2, -0.15) is 4.31 Å². The Balaban J connectivity index is 1.52. The van der Waals surface area contributed by atoms with Gasteiger partial charge in [0.1, 0.15) is 11.3 Å². The number of aromatic nitrogens is 1. The van der Waals surface area contributed by atoms with E-state index >= 15 is 0 Å². The lowest BCUT2D eigenvalue weighted by Crippen LogP contribution is -2.46. The molecule has 2 aromatic carbocycles. The minimum absolute atomic E-state index is 0.0163. The topological polar surface area (TPSA) is 83.0 Å². The van der Waals surface area contributed by atoms with E-state index in [4.69, 9.17) is 21.3 Å². The van der Waals surface area contributed by atoms with Crippen molar-refractivity contribution in [1.82, 2.24) is 14.2 Å². The number of nitrogens with zero attached hydrogens (tertiary/aromatic N) is 4. The van der Waals surface area contributed by atoms with Crippen molar-refractivity contribution in [2.45, 2.75) is 24.7 Å². The molecule has 2 heterocycles. The van der Waals surface area contributed by atoms with Crippen molar-refractivity contribution < 1.29 is 17.9 Å². The van der Waals surface area contributed by atoms with Crippen LogP contribution in [0.3, 0.4) is 0 Å². The van der Waals surface area contributed by atoms with Crippen LogP contribution in [0.5, 0.6) is 5.75 Å². The predicted molar refractivity (Wildman–Crippen MR) is 145 cm³/mol. The zero-order valence-corrected chi connectivity index (χ0v) is 23.1. The molecule has 4 rings (SSSR count). The number of anilines is 1. The third kappa shape index (κ3) is 5.84. The summed E-state index contributed by atoms with van der Waals surface area (Å²) >= 11 is 7.38. The molecule has 194 valence electrons. The molecule has 0 atom stereocenters. The third-order valence-corrected chi connectivity index (χ3v) is 9.40. The van der Waals surface area contributed by atoms with E-state index in [0.29, 0.717) is 48.4 Å². The van der Waals surface area contributed by atoms with Gasteiger partial charge in [-0.1, -0.05) is 29.0 Å². The molecule has 0 spiro atoms. The van der Waals surface area contributed by atoms with Crippen molar-refractivity contribution in [2.75, 3.05) is 51.8 Å². The number of piperidine rings is 1. The first-order chi connectivity index (χ1) is 17.2. The summed E-state index contributed by atoms with van der Waals surface area (Å²) in [5.41, 5.74) is 0.755. The molecule has 1 aromatic heterocycles. The summed E-state index contributed by atoms with van der Waals surface area (Å²) in [6.45, 7) is 4.22. The normalized spacial score (nSPS) is 15.5. The number of para-hydroxylation sites is 1. The second kappa shape index (κ2) is 11.4. The molecule has 0 aliphatic carbocycles. The highest BCUT2D eigenvalue weighted by Crippen LogP contribution is 2.35. The number of thiazole rings is 1. The highest BCUT2D eigenvalue weighted by atomic mass is 35.5. The SMILES string of the molecule is CCOc1cccc2sc(N(CCN(C)C)C(=O)C3CCN(S(=O)(=O)c4ccc(Cl)cc4)CC3)nc12. The highest BCUT2D eigenvalue weighted by Gasteiger charge is 2.35. The molecule has 1 aliphatic rings. The molecule has 0 radical (unpaired) electrons. The lowest BCUT2D eigenvalue weighted by atomic mass is 9.96. The van der Waals surface area contributed by atoms with Crippen LogP contribution in [0.25, 0.3) is 10.2 Å². The molecule has 0 bridgehead atoms. The summed E-state index contributed by atoms with van der Waals surface area (Å²) in [5, 5.41) is 1.12. The van der Waals surface area contributed by atoms with E-state index in [1.54, 1.807) is 17.0 Å². The Morgan fingerprint density at radius 3 is 2.47 bits per heavy atom. The number of carbonyl (C=O) groups is 1. The number of ether oxygens (including phenoxy) is 1. The van der Waals surface area contributed by atoms with E-state index in [1.807, 2.05) is 44.1 Å². The van der Waals surface area contributed by atoms with Gasteiger partial charge in [0.2, 0.25) is 15.9 Å². The molecule has 1 aliphatic heterocycles. The van der Waals surface area contributed by atoms with Crippen LogP contribution >= 0.6 is 22.9 Å². The van der Waals surface area contributed by atoms with Gasteiger partial charge in [-0.25, -0.2) is 13.4 Å². The zero-order valence-electron chi connectivity index (χ0n) is 20.7. The second-order valence-electron chi connectivity index (χ2n) is 8.96. The number of halogens is 1. The standard InChI is InChI=1S/C25H31ClN4O4S2/c1-4-34-21-6-5-7-22-23(21)27-25(35-22)30(17-16-28(2)3)24(31)18-12-14-29(15-13-18)36(32,33)20-10-8-19(26)9-11-20/h5-11,18H,4,12-17H2,1-3H3. The number of likely N-dealkylation sites (N-methyl/N-ethyl adjacent to an activating group) is 1. The fourth-order valence-corrected chi connectivity index (χ4v) is 6.83. The van der Waals surface area contributed by atoms with Crippen molar-refractivity contribution >= 4 is 54.2 Å². The van der Waals surface area contributed by atoms with E-state index in [0.717, 1.165) is 10.2 Å². The second-order valence-corrected chi connectivity index (χ2v) is 12.3. The fourth-order valence-electron chi connectivity index (χ4n) is 4.22. The number of hydrogen-bond donors (Lipinski definition) is 0. The Hall–Kier alpha value is -2.24. The minimum Gasteiger partial charge on any atom is -0.492 e. The first-order valence-corrected chi connectivity index (χ1v) is 14.6. The van der Waals surface area contributed by atoms with Gasteiger partial charge < -0.3 is 9.64 Å². The summed E-state index contributed by atoms with van der Waals surface area (Å²) < 4.78 is 34.3. The fraction of sp³-hybridized carbons (Fsp3) is 0.440. The van der Waals surface area contributed by atoms with Crippen molar-refractivity contribution in [2.24, 2.45) is 5.92 Å². The lowest BCUT2D eigenvalue weighted by molar-refractivity contribution is -0.123. The average Bonchev–Trinajstić information content (AvgIpc) is 3.29. The van der Waals surface area contributed by atoms with E-state index < -0.39 is 10.0 Å². The van der Waals surface area contributed by atoms with Gasteiger partial charge in [0, 0.05) is 37.1 Å². The molecule has 11 heteroatoms. The van der Waals surface area contributed by atoms with E-state index in [-0.39, 0.29) is 29.8 Å². The summed E-state index contributed by atoms with van der Waals surface area (Å²) in [4.78, 5) is 22.5. The molecule has 1 fully saturated rings. The van der Waals surface area contributed by atoms with Gasteiger partial charge in [0.05, 0.1) is 16.2 Å². The van der Waals surface area contributed by atoms with Crippen LogP contribution in [0.15, 0.2) is 47.4 Å². The van der Waals surface area contributed by atoms with Crippen LogP contribution in [0, 0.1) is 5.92 Å². The van der Waals surface area contributed by atoms with E-state index in [1.165, 1.54) is 27.8 Å². The maximum atomic E-state index is 13.7. The van der Waals surface area contributed by atoms with Crippen molar-refractivity contribution in [1.29, 1.82) is 0 Å². The van der Waals surface area contributed by atoms with Gasteiger partial charge in [-0.3, -0.25) is 9.69 Å².